The van der Waals surface area contributed by atoms with Crippen LogP contribution in [-0.2, 0) is 6.42 Å². The largest absolute Gasteiger partial charge is 0.375 e. The SMILES string of the molecule is Nc1nc(CCCNc2cc3nncn3c(N)n2)cs1. The summed E-state index contributed by atoms with van der Waals surface area (Å²) in [5.74, 6) is 1.06. The van der Waals surface area contributed by atoms with Gasteiger partial charge >= 0.3 is 0 Å². The van der Waals surface area contributed by atoms with E-state index in [1.165, 1.54) is 17.7 Å². The normalized spacial score (nSPS) is 11.0. The second-order valence-corrected chi connectivity index (χ2v) is 5.16. The number of rotatable bonds is 5. The summed E-state index contributed by atoms with van der Waals surface area (Å²) in [6.07, 6.45) is 3.35. The number of nitrogen functional groups attached to an aromatic ring is 2. The van der Waals surface area contributed by atoms with E-state index in [9.17, 15) is 0 Å². The molecule has 0 saturated heterocycles. The summed E-state index contributed by atoms with van der Waals surface area (Å²) in [4.78, 5) is 8.45. The van der Waals surface area contributed by atoms with Crippen LogP contribution in [0.1, 0.15) is 12.1 Å². The quantitative estimate of drug-likeness (QED) is 0.594. The van der Waals surface area contributed by atoms with Crippen molar-refractivity contribution in [2.75, 3.05) is 23.3 Å². The summed E-state index contributed by atoms with van der Waals surface area (Å²) >= 11 is 1.46. The molecule has 0 unspecified atom stereocenters. The number of fused-ring (bicyclic) bond motifs is 1. The van der Waals surface area contributed by atoms with E-state index in [2.05, 4.69) is 25.5 Å². The molecule has 3 aromatic heterocycles. The highest BCUT2D eigenvalue weighted by atomic mass is 32.1. The number of aryl methyl sites for hydroxylation is 1. The molecule has 0 amide bonds. The first-order valence-electron chi connectivity index (χ1n) is 6.12. The molecule has 8 nitrogen and oxygen atoms in total. The predicted octanol–water partition coefficient (Wildman–Crippen LogP) is 0.790. The van der Waals surface area contributed by atoms with E-state index in [4.69, 9.17) is 11.5 Å². The molecule has 0 aliphatic carbocycles. The third-order valence-corrected chi connectivity index (χ3v) is 3.53. The Hall–Kier alpha value is -2.42. The van der Waals surface area contributed by atoms with Gasteiger partial charge in [0.15, 0.2) is 10.8 Å². The van der Waals surface area contributed by atoms with Crippen molar-refractivity contribution in [3.8, 4) is 0 Å². The Morgan fingerprint density at radius 3 is 3.00 bits per heavy atom. The van der Waals surface area contributed by atoms with Crippen molar-refractivity contribution >= 4 is 33.9 Å². The van der Waals surface area contributed by atoms with Crippen molar-refractivity contribution in [2.45, 2.75) is 12.8 Å². The van der Waals surface area contributed by atoms with Gasteiger partial charge in [-0.1, -0.05) is 0 Å². The third kappa shape index (κ3) is 2.62. The van der Waals surface area contributed by atoms with Crippen molar-refractivity contribution in [3.63, 3.8) is 0 Å². The Bertz CT molecular complexity index is 718. The van der Waals surface area contributed by atoms with E-state index in [1.54, 1.807) is 4.40 Å². The van der Waals surface area contributed by atoms with E-state index in [-0.39, 0.29) is 0 Å². The highest BCUT2D eigenvalue weighted by Crippen LogP contribution is 2.13. The Kier molecular flexibility index (Phi) is 3.33. The Balaban J connectivity index is 1.57. The van der Waals surface area contributed by atoms with Gasteiger partial charge in [-0.25, -0.2) is 4.98 Å². The van der Waals surface area contributed by atoms with E-state index in [0.29, 0.717) is 22.5 Å². The molecule has 0 spiro atoms. The zero-order valence-electron chi connectivity index (χ0n) is 10.7. The molecule has 9 heteroatoms. The third-order valence-electron chi connectivity index (χ3n) is 2.81. The second kappa shape index (κ2) is 5.29. The fourth-order valence-electron chi connectivity index (χ4n) is 1.86. The smallest absolute Gasteiger partial charge is 0.209 e. The van der Waals surface area contributed by atoms with Crippen LogP contribution >= 0.6 is 11.3 Å². The van der Waals surface area contributed by atoms with Crippen molar-refractivity contribution in [1.82, 2.24) is 24.6 Å². The molecule has 0 bridgehead atoms. The van der Waals surface area contributed by atoms with Crippen LogP contribution in [0.5, 0.6) is 0 Å². The summed E-state index contributed by atoms with van der Waals surface area (Å²) in [6.45, 7) is 0.772. The van der Waals surface area contributed by atoms with Gasteiger partial charge in [-0.2, -0.15) is 4.98 Å². The number of nitrogens with one attached hydrogen (secondary N) is 1. The van der Waals surface area contributed by atoms with Gasteiger partial charge in [-0.05, 0) is 12.8 Å². The van der Waals surface area contributed by atoms with Gasteiger partial charge in [0.25, 0.3) is 0 Å². The van der Waals surface area contributed by atoms with Crippen LogP contribution in [0, 0.1) is 0 Å². The average Bonchev–Trinajstić information content (AvgIpc) is 3.04. The molecule has 0 atom stereocenters. The molecule has 0 aromatic carbocycles. The summed E-state index contributed by atoms with van der Waals surface area (Å²) in [7, 11) is 0. The Labute approximate surface area is 118 Å². The highest BCUT2D eigenvalue weighted by molar-refractivity contribution is 7.13. The van der Waals surface area contributed by atoms with E-state index < -0.39 is 0 Å². The molecule has 0 fully saturated rings. The van der Waals surface area contributed by atoms with Gasteiger partial charge in [0.2, 0.25) is 5.95 Å². The molecule has 3 heterocycles. The van der Waals surface area contributed by atoms with Crippen molar-refractivity contribution < 1.29 is 0 Å². The summed E-state index contributed by atoms with van der Waals surface area (Å²) in [6, 6.07) is 1.81. The first kappa shape index (κ1) is 12.6. The lowest BCUT2D eigenvalue weighted by Gasteiger charge is -2.06. The van der Waals surface area contributed by atoms with Crippen molar-refractivity contribution in [2.24, 2.45) is 0 Å². The van der Waals surface area contributed by atoms with Gasteiger partial charge in [0.1, 0.15) is 12.1 Å². The summed E-state index contributed by atoms with van der Waals surface area (Å²) < 4.78 is 1.63. The van der Waals surface area contributed by atoms with E-state index >= 15 is 0 Å². The second-order valence-electron chi connectivity index (χ2n) is 4.27. The van der Waals surface area contributed by atoms with Crippen LogP contribution in [0.4, 0.5) is 16.9 Å². The molecule has 3 aromatic rings. The summed E-state index contributed by atoms with van der Waals surface area (Å²) in [5.41, 5.74) is 13.1. The number of anilines is 3. The molecule has 5 N–H and O–H groups in total. The fourth-order valence-corrected chi connectivity index (χ4v) is 2.46. The van der Waals surface area contributed by atoms with Gasteiger partial charge in [-0.3, -0.25) is 4.40 Å². The zero-order chi connectivity index (χ0) is 13.9. The minimum Gasteiger partial charge on any atom is -0.375 e. The number of nitrogens with two attached hydrogens (primary N) is 2. The van der Waals surface area contributed by atoms with Crippen LogP contribution in [-0.4, -0.2) is 31.1 Å². The monoisotopic (exact) mass is 290 g/mol. The van der Waals surface area contributed by atoms with Crippen LogP contribution in [0.2, 0.25) is 0 Å². The first-order chi connectivity index (χ1) is 9.72. The predicted molar refractivity (Wildman–Crippen MR) is 78.5 cm³/mol. The van der Waals surface area contributed by atoms with Crippen LogP contribution in [0.15, 0.2) is 17.8 Å². The maximum Gasteiger partial charge on any atom is 0.209 e. The zero-order valence-corrected chi connectivity index (χ0v) is 11.5. The number of aromatic nitrogens is 5. The maximum absolute atomic E-state index is 5.81. The fraction of sp³-hybridized carbons (Fsp3) is 0.273. The van der Waals surface area contributed by atoms with Crippen molar-refractivity contribution in [1.29, 1.82) is 0 Å². The number of thiazole rings is 1. The average molecular weight is 290 g/mol. The minimum absolute atomic E-state index is 0.363. The lowest BCUT2D eigenvalue weighted by Crippen LogP contribution is -2.08. The lowest BCUT2D eigenvalue weighted by atomic mass is 10.2. The van der Waals surface area contributed by atoms with Crippen LogP contribution < -0.4 is 16.8 Å². The maximum atomic E-state index is 5.81. The van der Waals surface area contributed by atoms with Crippen LogP contribution in [0.25, 0.3) is 5.65 Å². The molecule has 0 saturated carbocycles. The molecule has 0 aliphatic rings. The topological polar surface area (TPSA) is 120 Å². The van der Waals surface area contributed by atoms with Gasteiger partial charge in [-0.15, -0.1) is 21.5 Å². The molecule has 104 valence electrons. The standard InChI is InChI=1S/C11H14N8S/c12-10-17-8(4-9-18-15-6-19(9)10)14-3-1-2-7-5-20-11(13)16-7/h4-6,14H,1-3H2,(H2,12,17)(H2,13,16). The molecular formula is C11H14N8S. The molecule has 20 heavy (non-hydrogen) atoms. The Morgan fingerprint density at radius 2 is 2.20 bits per heavy atom. The highest BCUT2D eigenvalue weighted by Gasteiger charge is 2.04. The van der Waals surface area contributed by atoms with E-state index in [1.807, 2.05) is 11.4 Å². The first-order valence-corrected chi connectivity index (χ1v) is 7.00. The molecule has 0 radical (unpaired) electrons. The summed E-state index contributed by atoms with van der Waals surface area (Å²) in [5, 5.41) is 13.5. The van der Waals surface area contributed by atoms with Gasteiger partial charge in [0.05, 0.1) is 5.69 Å². The minimum atomic E-state index is 0.363. The number of hydrogen-bond donors (Lipinski definition) is 3. The molecule has 3 rings (SSSR count). The van der Waals surface area contributed by atoms with E-state index in [0.717, 1.165) is 25.1 Å². The lowest BCUT2D eigenvalue weighted by molar-refractivity contribution is 0.840. The van der Waals surface area contributed by atoms with Crippen LogP contribution in [0.3, 0.4) is 0 Å². The van der Waals surface area contributed by atoms with Gasteiger partial charge in [0, 0.05) is 18.0 Å². The Morgan fingerprint density at radius 1 is 1.30 bits per heavy atom. The number of hydrogen-bond acceptors (Lipinski definition) is 8. The van der Waals surface area contributed by atoms with Gasteiger partial charge < -0.3 is 16.8 Å². The number of nitrogens with zero attached hydrogens (tertiary/aromatic N) is 5. The molecule has 0 aliphatic heterocycles. The molecular weight excluding hydrogens is 276 g/mol. The van der Waals surface area contributed by atoms with Crippen molar-refractivity contribution in [3.05, 3.63) is 23.5 Å².